The van der Waals surface area contributed by atoms with Gasteiger partial charge < -0.3 is 9.73 Å². The zero-order valence-electron chi connectivity index (χ0n) is 15.1. The molecule has 1 aliphatic carbocycles. The number of benzene rings is 1. The molecule has 0 bridgehead atoms. The zero-order valence-corrected chi connectivity index (χ0v) is 18.3. The van der Waals surface area contributed by atoms with E-state index in [1.165, 1.54) is 0 Å². The van der Waals surface area contributed by atoms with Gasteiger partial charge in [-0.2, -0.15) is 5.10 Å². The van der Waals surface area contributed by atoms with Crippen LogP contribution in [0.4, 0.5) is 5.69 Å². The summed E-state index contributed by atoms with van der Waals surface area (Å²) in [7, 11) is 0. The van der Waals surface area contributed by atoms with Gasteiger partial charge in [-0.1, -0.05) is 44.0 Å². The number of carbonyl (C=O) groups is 2. The number of hydrogen-bond acceptors (Lipinski definition) is 4. The maximum Gasteiger partial charge on any atom is 0.291 e. The van der Waals surface area contributed by atoms with Crippen molar-refractivity contribution in [1.29, 1.82) is 0 Å². The molecule has 1 fully saturated rings. The number of rotatable bonds is 5. The zero-order chi connectivity index (χ0) is 19.8. The van der Waals surface area contributed by atoms with E-state index in [1.54, 1.807) is 38.1 Å². The lowest BCUT2D eigenvalue weighted by Gasteiger charge is -2.11. The first-order chi connectivity index (χ1) is 12.6. The molecule has 8 heteroatoms. The highest BCUT2D eigenvalue weighted by atomic mass is 79.9. The Bertz CT molecular complexity index is 936. The van der Waals surface area contributed by atoms with Crippen LogP contribution in [0.25, 0.3) is 0 Å². The third-order valence-electron chi connectivity index (χ3n) is 4.59. The van der Waals surface area contributed by atoms with Crippen LogP contribution >= 0.6 is 31.9 Å². The van der Waals surface area contributed by atoms with Gasteiger partial charge in [0.15, 0.2) is 5.76 Å². The maximum absolute atomic E-state index is 12.3. The number of aryl methyl sites for hydroxylation is 1. The standard InChI is InChI=1S/C19H19Br2N3O3/c1-11-7-8-15(27-11)16(25)22-14-6-4-5-13(9-14)12(2)23-24-17(26)18(3)10-19(18,20)21/h4-9H,10H2,1-3H3,(H,22,25)(H,24,26)/b23-12-. The summed E-state index contributed by atoms with van der Waals surface area (Å²) >= 11 is 6.95. The number of halogens is 2. The molecule has 0 spiro atoms. The topological polar surface area (TPSA) is 83.7 Å². The summed E-state index contributed by atoms with van der Waals surface area (Å²) in [6.45, 7) is 5.44. The van der Waals surface area contributed by atoms with Gasteiger partial charge in [0.25, 0.3) is 5.91 Å². The highest BCUT2D eigenvalue weighted by Crippen LogP contribution is 2.66. The van der Waals surface area contributed by atoms with E-state index in [-0.39, 0.29) is 20.8 Å². The smallest absolute Gasteiger partial charge is 0.291 e. The third-order valence-corrected chi connectivity index (χ3v) is 6.90. The molecule has 0 saturated heterocycles. The van der Waals surface area contributed by atoms with Crippen molar-refractivity contribution in [3.05, 3.63) is 53.5 Å². The molecule has 1 heterocycles. The Morgan fingerprint density at radius 1 is 1.22 bits per heavy atom. The molecule has 2 amide bonds. The minimum atomic E-state index is -0.534. The van der Waals surface area contributed by atoms with Crippen LogP contribution in [0.1, 0.15) is 42.1 Å². The molecular weight excluding hydrogens is 478 g/mol. The molecule has 0 radical (unpaired) electrons. The Hall–Kier alpha value is -1.93. The van der Waals surface area contributed by atoms with Crippen LogP contribution in [0, 0.1) is 12.3 Å². The van der Waals surface area contributed by atoms with E-state index in [2.05, 4.69) is 47.7 Å². The van der Waals surface area contributed by atoms with E-state index in [1.807, 2.05) is 19.1 Å². The van der Waals surface area contributed by atoms with Gasteiger partial charge in [0.1, 0.15) is 5.76 Å². The van der Waals surface area contributed by atoms with Gasteiger partial charge in [0.2, 0.25) is 5.91 Å². The first kappa shape index (κ1) is 19.8. The minimum absolute atomic E-state index is 0.159. The van der Waals surface area contributed by atoms with Crippen molar-refractivity contribution in [3.63, 3.8) is 0 Å². The van der Waals surface area contributed by atoms with Crippen molar-refractivity contribution in [1.82, 2.24) is 5.43 Å². The molecule has 6 nitrogen and oxygen atoms in total. The fraction of sp³-hybridized carbons (Fsp3) is 0.316. The Morgan fingerprint density at radius 2 is 1.93 bits per heavy atom. The number of amides is 2. The van der Waals surface area contributed by atoms with Crippen molar-refractivity contribution >= 4 is 55.1 Å². The summed E-state index contributed by atoms with van der Waals surface area (Å²) in [6.07, 6.45) is 0.689. The molecule has 0 aliphatic heterocycles. The number of anilines is 1. The Kier molecular flexibility index (Phi) is 5.31. The number of nitrogens with one attached hydrogen (secondary N) is 2. The molecule has 1 saturated carbocycles. The molecule has 2 aromatic rings. The highest BCUT2D eigenvalue weighted by Gasteiger charge is 2.66. The second kappa shape index (κ2) is 7.24. The van der Waals surface area contributed by atoms with Crippen LogP contribution in [0.15, 0.2) is 45.9 Å². The van der Waals surface area contributed by atoms with Crippen LogP contribution in [-0.2, 0) is 4.79 Å². The minimum Gasteiger partial charge on any atom is -0.456 e. The molecule has 1 aromatic heterocycles. The van der Waals surface area contributed by atoms with Gasteiger partial charge >= 0.3 is 0 Å². The summed E-state index contributed by atoms with van der Waals surface area (Å²) in [6, 6.07) is 10.6. The quantitative estimate of drug-likeness (QED) is 0.361. The van der Waals surface area contributed by atoms with Gasteiger partial charge in [-0.05, 0) is 57.0 Å². The normalized spacial score (nSPS) is 20.9. The first-order valence-electron chi connectivity index (χ1n) is 8.33. The molecular formula is C19H19Br2N3O3. The second-order valence-corrected chi connectivity index (χ2v) is 10.6. The molecule has 1 aliphatic rings. The number of hydrazone groups is 1. The largest absolute Gasteiger partial charge is 0.456 e. The van der Waals surface area contributed by atoms with E-state index >= 15 is 0 Å². The molecule has 1 unspecified atom stereocenters. The number of carbonyl (C=O) groups excluding carboxylic acids is 2. The third kappa shape index (κ3) is 4.16. The van der Waals surface area contributed by atoms with Gasteiger partial charge in [0, 0.05) is 5.69 Å². The van der Waals surface area contributed by atoms with Crippen molar-refractivity contribution in [2.24, 2.45) is 10.5 Å². The van der Waals surface area contributed by atoms with Crippen LogP contribution in [0.2, 0.25) is 0 Å². The maximum atomic E-state index is 12.3. The Balaban J connectivity index is 1.67. The first-order valence-corrected chi connectivity index (χ1v) is 9.92. The molecule has 3 rings (SSSR count). The van der Waals surface area contributed by atoms with Crippen molar-refractivity contribution in [3.8, 4) is 0 Å². The highest BCUT2D eigenvalue weighted by molar-refractivity contribution is 9.25. The van der Waals surface area contributed by atoms with E-state index in [4.69, 9.17) is 4.42 Å². The molecule has 1 atom stereocenters. The van der Waals surface area contributed by atoms with Gasteiger partial charge in [-0.15, -0.1) is 0 Å². The molecule has 1 aromatic carbocycles. The summed E-state index contributed by atoms with van der Waals surface area (Å²) in [5.74, 6) is 0.443. The number of hydrogen-bond donors (Lipinski definition) is 2. The van der Waals surface area contributed by atoms with E-state index in [0.29, 0.717) is 23.6 Å². The van der Waals surface area contributed by atoms with Crippen LogP contribution < -0.4 is 10.7 Å². The average Bonchev–Trinajstić information content (AvgIpc) is 2.94. The summed E-state index contributed by atoms with van der Waals surface area (Å²) < 4.78 is 4.96. The van der Waals surface area contributed by atoms with Gasteiger partial charge in [0.05, 0.1) is 14.4 Å². The summed E-state index contributed by atoms with van der Waals surface area (Å²) in [5, 5.41) is 6.98. The van der Waals surface area contributed by atoms with Gasteiger partial charge in [-0.25, -0.2) is 5.43 Å². The summed E-state index contributed by atoms with van der Waals surface area (Å²) in [4.78, 5) is 24.5. The Labute approximate surface area is 174 Å². The lowest BCUT2D eigenvalue weighted by atomic mass is 10.1. The monoisotopic (exact) mass is 495 g/mol. The lowest BCUT2D eigenvalue weighted by molar-refractivity contribution is -0.125. The van der Waals surface area contributed by atoms with Crippen molar-refractivity contribution < 1.29 is 14.0 Å². The van der Waals surface area contributed by atoms with Crippen LogP contribution in [-0.4, -0.2) is 20.8 Å². The molecule has 142 valence electrons. The number of alkyl halides is 2. The van der Waals surface area contributed by atoms with E-state index in [0.717, 1.165) is 5.56 Å². The SMILES string of the molecule is C/C(=N/NC(=O)C1(C)CC1(Br)Br)c1cccc(NC(=O)c2ccc(C)o2)c1. The second-order valence-electron chi connectivity index (χ2n) is 6.80. The fourth-order valence-electron chi connectivity index (χ4n) is 2.54. The average molecular weight is 497 g/mol. The summed E-state index contributed by atoms with van der Waals surface area (Å²) in [5.41, 5.74) is 4.11. The van der Waals surface area contributed by atoms with E-state index in [9.17, 15) is 9.59 Å². The fourth-order valence-corrected chi connectivity index (χ4v) is 4.02. The number of nitrogens with zero attached hydrogens (tertiary/aromatic N) is 1. The lowest BCUT2D eigenvalue weighted by Crippen LogP contribution is -2.30. The van der Waals surface area contributed by atoms with Crippen LogP contribution in [0.5, 0.6) is 0 Å². The van der Waals surface area contributed by atoms with Crippen molar-refractivity contribution in [2.75, 3.05) is 5.32 Å². The Morgan fingerprint density at radius 3 is 2.52 bits per heavy atom. The van der Waals surface area contributed by atoms with Crippen LogP contribution in [0.3, 0.4) is 0 Å². The van der Waals surface area contributed by atoms with E-state index < -0.39 is 5.41 Å². The predicted octanol–water partition coefficient (Wildman–Crippen LogP) is 4.58. The molecule has 27 heavy (non-hydrogen) atoms. The van der Waals surface area contributed by atoms with Gasteiger partial charge in [-0.3, -0.25) is 9.59 Å². The molecule has 2 N–H and O–H groups in total. The number of furan rings is 1. The predicted molar refractivity (Wildman–Crippen MR) is 112 cm³/mol. The van der Waals surface area contributed by atoms with Crippen molar-refractivity contribution in [2.45, 2.75) is 30.4 Å².